The fourth-order valence-corrected chi connectivity index (χ4v) is 2.63. The van der Waals surface area contributed by atoms with Crippen LogP contribution in [0, 0.1) is 0 Å². The first kappa shape index (κ1) is 12.6. The van der Waals surface area contributed by atoms with E-state index in [1.54, 1.807) is 36.4 Å². The van der Waals surface area contributed by atoms with E-state index in [2.05, 4.69) is 0 Å². The number of benzene rings is 2. The van der Waals surface area contributed by atoms with Crippen molar-refractivity contribution in [1.82, 2.24) is 0 Å². The van der Waals surface area contributed by atoms with E-state index in [4.69, 9.17) is 4.74 Å². The van der Waals surface area contributed by atoms with E-state index in [0.29, 0.717) is 29.0 Å². The van der Waals surface area contributed by atoms with Crippen molar-refractivity contribution in [1.29, 1.82) is 0 Å². The molecule has 0 heterocycles. The van der Waals surface area contributed by atoms with E-state index in [1.807, 2.05) is 19.1 Å². The van der Waals surface area contributed by atoms with Gasteiger partial charge in [0.15, 0.2) is 11.6 Å². The van der Waals surface area contributed by atoms with Crippen molar-refractivity contribution in [2.24, 2.45) is 0 Å². The lowest BCUT2D eigenvalue weighted by Gasteiger charge is -2.13. The lowest BCUT2D eigenvalue weighted by Crippen LogP contribution is -2.14. The first-order valence-corrected chi connectivity index (χ1v) is 6.63. The molecule has 0 saturated carbocycles. The number of hydrogen-bond donors (Lipinski definition) is 0. The van der Waals surface area contributed by atoms with Gasteiger partial charge in [-0.25, -0.2) is 0 Å². The summed E-state index contributed by atoms with van der Waals surface area (Å²) in [7, 11) is 0. The molecule has 0 amide bonds. The highest BCUT2D eigenvalue weighted by Crippen LogP contribution is 2.37. The van der Waals surface area contributed by atoms with E-state index in [1.165, 1.54) is 0 Å². The molecule has 0 radical (unpaired) electrons. The zero-order chi connectivity index (χ0) is 14.1. The topological polar surface area (TPSA) is 43.4 Å². The van der Waals surface area contributed by atoms with E-state index in [9.17, 15) is 9.59 Å². The van der Waals surface area contributed by atoms with Crippen molar-refractivity contribution in [3.63, 3.8) is 0 Å². The molecule has 2 aromatic rings. The molecular formula is C17H14O3. The Balaban J connectivity index is 2.10. The summed E-state index contributed by atoms with van der Waals surface area (Å²) < 4.78 is 5.54. The second-order valence-corrected chi connectivity index (χ2v) is 4.68. The maximum atomic E-state index is 12.5. The fraction of sp³-hybridized carbons (Fsp3) is 0.176. The van der Waals surface area contributed by atoms with Gasteiger partial charge in [-0.05, 0) is 13.0 Å². The van der Waals surface area contributed by atoms with Gasteiger partial charge in [0, 0.05) is 16.7 Å². The van der Waals surface area contributed by atoms with Gasteiger partial charge in [-0.2, -0.15) is 0 Å². The molecule has 3 nitrogen and oxygen atoms in total. The van der Waals surface area contributed by atoms with Crippen LogP contribution >= 0.6 is 0 Å². The second-order valence-electron chi connectivity index (χ2n) is 4.68. The zero-order valence-corrected chi connectivity index (χ0v) is 11.1. The molecule has 1 aliphatic rings. The normalized spacial score (nSPS) is 14.4. The molecule has 3 heteroatoms. The number of Topliss-reactive ketones (excluding diaryl/α,β-unsaturated/α-hetero) is 2. The van der Waals surface area contributed by atoms with Gasteiger partial charge < -0.3 is 4.74 Å². The highest BCUT2D eigenvalue weighted by Gasteiger charge is 2.40. The molecule has 2 aromatic carbocycles. The molecule has 0 saturated heterocycles. The van der Waals surface area contributed by atoms with E-state index in [0.717, 1.165) is 0 Å². The average Bonchev–Trinajstić information content (AvgIpc) is 2.73. The van der Waals surface area contributed by atoms with Crippen LogP contribution in [0.5, 0.6) is 5.75 Å². The molecule has 0 N–H and O–H groups in total. The molecule has 0 unspecified atom stereocenters. The summed E-state index contributed by atoms with van der Waals surface area (Å²) in [5.74, 6) is -0.444. The number of carbonyl (C=O) groups is 2. The maximum Gasteiger partial charge on any atom is 0.178 e. The molecule has 3 rings (SSSR count). The largest absolute Gasteiger partial charge is 0.494 e. The fourth-order valence-electron chi connectivity index (χ4n) is 2.63. The van der Waals surface area contributed by atoms with Crippen molar-refractivity contribution in [2.45, 2.75) is 12.8 Å². The molecule has 0 aliphatic heterocycles. The van der Waals surface area contributed by atoms with Gasteiger partial charge in [0.25, 0.3) is 0 Å². The van der Waals surface area contributed by atoms with Crippen molar-refractivity contribution >= 4 is 11.6 Å². The van der Waals surface area contributed by atoms with Crippen LogP contribution in [0.2, 0.25) is 0 Å². The number of para-hydroxylation sites is 1. The summed E-state index contributed by atoms with van der Waals surface area (Å²) in [6, 6.07) is 14.2. The SMILES string of the molecule is CCOc1ccccc1C1C(=O)c2ccccc2C1=O. The minimum atomic E-state index is -0.768. The number of fused-ring (bicyclic) bond motifs is 1. The van der Waals surface area contributed by atoms with Crippen molar-refractivity contribution in [3.8, 4) is 5.75 Å². The monoisotopic (exact) mass is 266 g/mol. The van der Waals surface area contributed by atoms with Crippen molar-refractivity contribution in [2.75, 3.05) is 6.61 Å². The van der Waals surface area contributed by atoms with Gasteiger partial charge in [-0.1, -0.05) is 42.5 Å². The Hall–Kier alpha value is -2.42. The molecule has 0 fully saturated rings. The Morgan fingerprint density at radius 2 is 1.45 bits per heavy atom. The number of rotatable bonds is 3. The van der Waals surface area contributed by atoms with Crippen LogP contribution < -0.4 is 4.74 Å². The van der Waals surface area contributed by atoms with E-state index < -0.39 is 5.92 Å². The molecule has 0 aromatic heterocycles. The molecule has 0 atom stereocenters. The van der Waals surface area contributed by atoms with Gasteiger partial charge in [0.1, 0.15) is 11.7 Å². The van der Waals surface area contributed by atoms with Gasteiger partial charge in [-0.3, -0.25) is 9.59 Å². The highest BCUT2D eigenvalue weighted by atomic mass is 16.5. The zero-order valence-electron chi connectivity index (χ0n) is 11.1. The van der Waals surface area contributed by atoms with E-state index >= 15 is 0 Å². The highest BCUT2D eigenvalue weighted by molar-refractivity contribution is 6.29. The average molecular weight is 266 g/mol. The molecular weight excluding hydrogens is 252 g/mol. The summed E-state index contributed by atoms with van der Waals surface area (Å²) in [6.45, 7) is 2.38. The summed E-state index contributed by atoms with van der Waals surface area (Å²) in [5.41, 5.74) is 1.67. The molecule has 1 aliphatic carbocycles. The lowest BCUT2D eigenvalue weighted by atomic mass is 9.93. The third-order valence-electron chi connectivity index (χ3n) is 3.51. The van der Waals surface area contributed by atoms with E-state index in [-0.39, 0.29) is 11.6 Å². The van der Waals surface area contributed by atoms with Crippen molar-refractivity contribution < 1.29 is 14.3 Å². The standard InChI is InChI=1S/C17H14O3/c1-2-20-14-10-6-5-9-13(14)15-16(18)11-7-3-4-8-12(11)17(15)19/h3-10,15H,2H2,1H3. The van der Waals surface area contributed by atoms with Gasteiger partial charge in [-0.15, -0.1) is 0 Å². The predicted octanol–water partition coefficient (Wildman–Crippen LogP) is 3.25. The van der Waals surface area contributed by atoms with Crippen LogP contribution in [0.25, 0.3) is 0 Å². The summed E-state index contributed by atoms with van der Waals surface area (Å²) in [4.78, 5) is 25.0. The Morgan fingerprint density at radius 1 is 0.900 bits per heavy atom. The Morgan fingerprint density at radius 3 is 2.05 bits per heavy atom. The minimum Gasteiger partial charge on any atom is -0.494 e. The molecule has 0 bridgehead atoms. The third-order valence-corrected chi connectivity index (χ3v) is 3.51. The number of ether oxygens (including phenoxy) is 1. The van der Waals surface area contributed by atoms with Gasteiger partial charge in [0.05, 0.1) is 6.61 Å². The Kier molecular flexibility index (Phi) is 3.11. The number of carbonyl (C=O) groups excluding carboxylic acids is 2. The Bertz CT molecular complexity index is 653. The summed E-state index contributed by atoms with van der Waals surface area (Å²) in [6.07, 6.45) is 0. The summed E-state index contributed by atoms with van der Waals surface area (Å²) in [5, 5.41) is 0. The van der Waals surface area contributed by atoms with Crippen molar-refractivity contribution in [3.05, 3.63) is 65.2 Å². The molecule has 100 valence electrons. The van der Waals surface area contributed by atoms with Gasteiger partial charge in [0.2, 0.25) is 0 Å². The first-order valence-electron chi connectivity index (χ1n) is 6.63. The van der Waals surface area contributed by atoms with Crippen LogP contribution in [0.4, 0.5) is 0 Å². The number of hydrogen-bond acceptors (Lipinski definition) is 3. The van der Waals surface area contributed by atoms with Gasteiger partial charge >= 0.3 is 0 Å². The smallest absolute Gasteiger partial charge is 0.178 e. The molecule has 20 heavy (non-hydrogen) atoms. The second kappa shape index (κ2) is 4.93. The minimum absolute atomic E-state index is 0.141. The Labute approximate surface area is 117 Å². The lowest BCUT2D eigenvalue weighted by molar-refractivity contribution is 0.0888. The van der Waals surface area contributed by atoms with Crippen LogP contribution in [0.1, 0.15) is 39.1 Å². The number of ketones is 2. The third kappa shape index (κ3) is 1.83. The van der Waals surface area contributed by atoms with Crippen LogP contribution in [-0.4, -0.2) is 18.2 Å². The molecule has 0 spiro atoms. The van der Waals surface area contributed by atoms with Crippen LogP contribution in [0.15, 0.2) is 48.5 Å². The van der Waals surface area contributed by atoms with Crippen LogP contribution in [0.3, 0.4) is 0 Å². The quantitative estimate of drug-likeness (QED) is 0.801. The predicted molar refractivity (Wildman–Crippen MR) is 75.5 cm³/mol. The summed E-state index contributed by atoms with van der Waals surface area (Å²) >= 11 is 0. The maximum absolute atomic E-state index is 12.5. The first-order chi connectivity index (χ1) is 9.74. The van der Waals surface area contributed by atoms with Crippen LogP contribution in [-0.2, 0) is 0 Å².